The number of aromatic nitrogens is 1. The Morgan fingerprint density at radius 2 is 1.92 bits per heavy atom. The van der Waals surface area contributed by atoms with Gasteiger partial charge in [-0.05, 0) is 20.2 Å². The molecule has 0 unspecified atom stereocenters. The van der Waals surface area contributed by atoms with E-state index in [0.29, 0.717) is 12.2 Å². The molecule has 1 heterocycles. The van der Waals surface area contributed by atoms with E-state index in [-0.39, 0.29) is 39.5 Å². The van der Waals surface area contributed by atoms with Crippen molar-refractivity contribution < 1.29 is 19.4 Å². The molecule has 0 saturated heterocycles. The Bertz CT molecular complexity index is 862. The van der Waals surface area contributed by atoms with E-state index in [2.05, 4.69) is 10.3 Å². The predicted octanol–water partition coefficient (Wildman–Crippen LogP) is 1.54. The summed E-state index contributed by atoms with van der Waals surface area (Å²) in [7, 11) is 5.27. The van der Waals surface area contributed by atoms with Crippen LogP contribution in [-0.2, 0) is 0 Å². The van der Waals surface area contributed by atoms with Crippen LogP contribution in [0.15, 0.2) is 24.5 Å². The number of fused-ring (bicyclic) bond motifs is 2. The van der Waals surface area contributed by atoms with Crippen LogP contribution >= 0.6 is 0 Å². The number of rotatable bonds is 5. The van der Waals surface area contributed by atoms with Crippen LogP contribution in [0.25, 0.3) is 0 Å². The van der Waals surface area contributed by atoms with Crippen LogP contribution in [-0.4, -0.2) is 60.9 Å². The highest BCUT2D eigenvalue weighted by Crippen LogP contribution is 2.42. The van der Waals surface area contributed by atoms with Gasteiger partial charge < -0.3 is 20.1 Å². The summed E-state index contributed by atoms with van der Waals surface area (Å²) in [5, 5.41) is 13.6. The molecule has 130 valence electrons. The van der Waals surface area contributed by atoms with E-state index >= 15 is 0 Å². The molecule has 0 aliphatic heterocycles. The number of anilines is 1. The fourth-order valence-electron chi connectivity index (χ4n) is 2.86. The highest BCUT2D eigenvalue weighted by atomic mass is 16.5. The number of phenols is 1. The number of ether oxygens (including phenoxy) is 1. The molecule has 3 rings (SSSR count). The van der Waals surface area contributed by atoms with Gasteiger partial charge >= 0.3 is 0 Å². The molecule has 1 aromatic heterocycles. The number of aromatic hydroxyl groups is 1. The normalized spacial score (nSPS) is 12.8. The number of hydrogen-bond acceptors (Lipinski definition) is 7. The minimum Gasteiger partial charge on any atom is -0.504 e. The molecule has 0 bridgehead atoms. The molecule has 2 aromatic rings. The fourth-order valence-corrected chi connectivity index (χ4v) is 2.86. The van der Waals surface area contributed by atoms with Gasteiger partial charge in [-0.25, -0.2) is 0 Å². The maximum absolute atomic E-state index is 12.9. The van der Waals surface area contributed by atoms with Gasteiger partial charge in [0.1, 0.15) is 0 Å². The van der Waals surface area contributed by atoms with Crippen molar-refractivity contribution in [1.82, 2.24) is 9.88 Å². The Hall–Kier alpha value is -2.93. The van der Waals surface area contributed by atoms with Gasteiger partial charge in [-0.1, -0.05) is 0 Å². The van der Waals surface area contributed by atoms with E-state index in [4.69, 9.17) is 4.74 Å². The summed E-state index contributed by atoms with van der Waals surface area (Å²) < 4.78 is 5.17. The Balaban J connectivity index is 2.16. The predicted molar refractivity (Wildman–Crippen MR) is 92.8 cm³/mol. The fraction of sp³-hybridized carbons (Fsp3) is 0.278. The van der Waals surface area contributed by atoms with Gasteiger partial charge in [0.15, 0.2) is 23.1 Å². The molecule has 1 aromatic carbocycles. The lowest BCUT2D eigenvalue weighted by molar-refractivity contribution is 0.0976. The number of likely N-dealkylation sites (N-methyl/N-ethyl adjacent to an activating group) is 1. The lowest BCUT2D eigenvalue weighted by atomic mass is 9.83. The second-order valence-corrected chi connectivity index (χ2v) is 6.03. The first-order chi connectivity index (χ1) is 12.0. The number of benzene rings is 1. The van der Waals surface area contributed by atoms with Crippen LogP contribution in [0.4, 0.5) is 5.69 Å². The average molecular weight is 341 g/mol. The Morgan fingerprint density at radius 3 is 2.60 bits per heavy atom. The third-order valence-corrected chi connectivity index (χ3v) is 4.12. The van der Waals surface area contributed by atoms with Crippen LogP contribution in [0.3, 0.4) is 0 Å². The molecule has 25 heavy (non-hydrogen) atoms. The Labute approximate surface area is 145 Å². The third-order valence-electron chi connectivity index (χ3n) is 4.12. The van der Waals surface area contributed by atoms with E-state index in [1.165, 1.54) is 31.6 Å². The molecule has 2 N–H and O–H groups in total. The first-order valence-electron chi connectivity index (χ1n) is 7.81. The topological polar surface area (TPSA) is 91.8 Å². The van der Waals surface area contributed by atoms with Crippen molar-refractivity contribution in [3.8, 4) is 11.5 Å². The average Bonchev–Trinajstić information content (AvgIpc) is 2.60. The Kier molecular flexibility index (Phi) is 4.41. The number of carbonyl (C=O) groups is 2. The third kappa shape index (κ3) is 2.83. The van der Waals surface area contributed by atoms with E-state index < -0.39 is 5.78 Å². The number of hydrogen-bond donors (Lipinski definition) is 2. The molecule has 7 heteroatoms. The van der Waals surface area contributed by atoms with Gasteiger partial charge in [-0.2, -0.15) is 0 Å². The summed E-state index contributed by atoms with van der Waals surface area (Å²) in [4.78, 5) is 31.7. The van der Waals surface area contributed by atoms with Crippen LogP contribution in [0.5, 0.6) is 11.5 Å². The zero-order valence-electron chi connectivity index (χ0n) is 14.3. The van der Waals surface area contributed by atoms with Crippen molar-refractivity contribution in [2.24, 2.45) is 0 Å². The molecule has 0 spiro atoms. The summed E-state index contributed by atoms with van der Waals surface area (Å²) in [5.41, 5.74) is 1.05. The van der Waals surface area contributed by atoms with Gasteiger partial charge in [0.25, 0.3) is 0 Å². The summed E-state index contributed by atoms with van der Waals surface area (Å²) in [6, 6.07) is 3.02. The number of methoxy groups -OCH3 is 1. The van der Waals surface area contributed by atoms with Crippen molar-refractivity contribution in [3.63, 3.8) is 0 Å². The lowest BCUT2D eigenvalue weighted by Gasteiger charge is -2.23. The minimum atomic E-state index is -0.418. The second-order valence-electron chi connectivity index (χ2n) is 6.03. The molecule has 0 saturated carbocycles. The van der Waals surface area contributed by atoms with Gasteiger partial charge in [0.05, 0.1) is 29.5 Å². The highest BCUT2D eigenvalue weighted by Gasteiger charge is 2.36. The Morgan fingerprint density at radius 1 is 1.20 bits per heavy atom. The van der Waals surface area contributed by atoms with Crippen LogP contribution in [0.2, 0.25) is 0 Å². The highest BCUT2D eigenvalue weighted by molar-refractivity contribution is 6.31. The van der Waals surface area contributed by atoms with E-state index in [1.807, 2.05) is 19.0 Å². The maximum Gasteiger partial charge on any atom is 0.198 e. The summed E-state index contributed by atoms with van der Waals surface area (Å²) in [5.74, 6) is -0.941. The quantitative estimate of drug-likeness (QED) is 0.680. The number of nitrogens with one attached hydrogen (secondary N) is 1. The lowest BCUT2D eigenvalue weighted by Crippen LogP contribution is -2.25. The maximum atomic E-state index is 12.9. The molecule has 1 aliphatic carbocycles. The largest absolute Gasteiger partial charge is 0.504 e. The molecule has 7 nitrogen and oxygen atoms in total. The van der Waals surface area contributed by atoms with E-state index in [1.54, 1.807) is 0 Å². The number of phenolic OH excluding ortho intramolecular Hbond substituents is 1. The number of ketones is 2. The van der Waals surface area contributed by atoms with E-state index in [9.17, 15) is 14.7 Å². The van der Waals surface area contributed by atoms with Crippen molar-refractivity contribution in [2.75, 3.05) is 39.6 Å². The monoisotopic (exact) mass is 341 g/mol. The summed E-state index contributed by atoms with van der Waals surface area (Å²) in [6.45, 7) is 1.30. The molecule has 0 atom stereocenters. The second kappa shape index (κ2) is 6.52. The SMILES string of the molecule is COc1cc(NCCN(C)C)c2c(c1O)C(=O)c1ccncc1C2=O. The summed E-state index contributed by atoms with van der Waals surface area (Å²) >= 11 is 0. The summed E-state index contributed by atoms with van der Waals surface area (Å²) in [6.07, 6.45) is 2.83. The van der Waals surface area contributed by atoms with Crippen molar-refractivity contribution in [3.05, 3.63) is 46.8 Å². The first kappa shape index (κ1) is 16.9. The molecule has 1 aliphatic rings. The zero-order valence-corrected chi connectivity index (χ0v) is 14.3. The number of nitrogens with zero attached hydrogens (tertiary/aromatic N) is 2. The number of pyridine rings is 1. The van der Waals surface area contributed by atoms with Crippen molar-refractivity contribution >= 4 is 17.3 Å². The molecular formula is C18H19N3O4. The van der Waals surface area contributed by atoms with Crippen LogP contribution < -0.4 is 10.1 Å². The van der Waals surface area contributed by atoms with Crippen LogP contribution in [0, 0.1) is 0 Å². The first-order valence-corrected chi connectivity index (χ1v) is 7.81. The van der Waals surface area contributed by atoms with Gasteiger partial charge in [0.2, 0.25) is 0 Å². The minimum absolute atomic E-state index is 0.0320. The standard InChI is InChI=1S/C18H19N3O4/c1-21(2)7-6-20-12-8-13(25-3)18(24)15-14(12)17(23)11-9-19-5-4-10(11)16(15)22/h4-5,8-9,20,24H,6-7H2,1-3H3. The van der Waals surface area contributed by atoms with Crippen molar-refractivity contribution in [1.29, 1.82) is 0 Å². The number of carbonyl (C=O) groups excluding carboxylic acids is 2. The zero-order chi connectivity index (χ0) is 18.1. The van der Waals surface area contributed by atoms with Gasteiger partial charge in [-0.3, -0.25) is 14.6 Å². The van der Waals surface area contributed by atoms with Crippen LogP contribution in [0.1, 0.15) is 31.8 Å². The molecule has 0 radical (unpaired) electrons. The van der Waals surface area contributed by atoms with Gasteiger partial charge in [-0.15, -0.1) is 0 Å². The van der Waals surface area contributed by atoms with E-state index in [0.717, 1.165) is 6.54 Å². The van der Waals surface area contributed by atoms with Crippen molar-refractivity contribution in [2.45, 2.75) is 0 Å². The van der Waals surface area contributed by atoms with Gasteiger partial charge in [0, 0.05) is 37.1 Å². The molecule has 0 fully saturated rings. The smallest absolute Gasteiger partial charge is 0.198 e. The molecular weight excluding hydrogens is 322 g/mol. The molecule has 0 amide bonds.